The Labute approximate surface area is 168 Å². The molecular formula is C21H24F2N4O2. The standard InChI is InChI=1S/C21H24F2N4O2/c1-26(2)14-17(4-3-9-28)20-24-21(25-29-20)27-7-5-15(6-8-27)10-16-11-18(22)13-19(23)12-16/h3-4,9,11-15H,5-8,10H2,1-2H3/b4-3-,17-14+. The van der Waals surface area contributed by atoms with Crippen molar-refractivity contribution in [3.63, 3.8) is 0 Å². The summed E-state index contributed by atoms with van der Waals surface area (Å²) in [4.78, 5) is 19.0. The summed E-state index contributed by atoms with van der Waals surface area (Å²) in [6, 6.07) is 3.68. The SMILES string of the molecule is CN(C)/C=C(\C=C/C=O)c1nc(N2CCC(Cc3cc(F)cc(F)c3)CC2)no1. The number of aldehydes is 1. The number of aromatic nitrogens is 2. The molecule has 0 N–H and O–H groups in total. The predicted octanol–water partition coefficient (Wildman–Crippen LogP) is 3.46. The molecule has 6 nitrogen and oxygen atoms in total. The lowest BCUT2D eigenvalue weighted by Crippen LogP contribution is -2.35. The zero-order valence-electron chi connectivity index (χ0n) is 16.5. The van der Waals surface area contributed by atoms with Crippen LogP contribution in [0.25, 0.3) is 5.57 Å². The molecule has 0 bridgehead atoms. The molecule has 2 aromatic rings. The molecule has 29 heavy (non-hydrogen) atoms. The van der Waals surface area contributed by atoms with E-state index in [1.807, 2.05) is 23.9 Å². The maximum atomic E-state index is 13.4. The lowest BCUT2D eigenvalue weighted by Gasteiger charge is -2.30. The van der Waals surface area contributed by atoms with Crippen molar-refractivity contribution in [2.75, 3.05) is 32.1 Å². The number of hydrogen-bond acceptors (Lipinski definition) is 6. The zero-order chi connectivity index (χ0) is 20.8. The minimum Gasteiger partial charge on any atom is -0.383 e. The van der Waals surface area contributed by atoms with E-state index in [2.05, 4.69) is 10.1 Å². The maximum Gasteiger partial charge on any atom is 0.266 e. The Morgan fingerprint density at radius 1 is 1.24 bits per heavy atom. The molecule has 1 aromatic carbocycles. The molecule has 1 aromatic heterocycles. The Bertz CT molecular complexity index is 880. The number of nitrogens with zero attached hydrogens (tertiary/aromatic N) is 4. The third kappa shape index (κ3) is 5.73. The molecule has 0 atom stereocenters. The van der Waals surface area contributed by atoms with Crippen molar-refractivity contribution >= 4 is 17.8 Å². The number of carbonyl (C=O) groups excluding carboxylic acids is 1. The molecule has 3 rings (SSSR count). The van der Waals surface area contributed by atoms with Crippen LogP contribution in [0.5, 0.6) is 0 Å². The van der Waals surface area contributed by atoms with Crippen LogP contribution < -0.4 is 4.90 Å². The Kier molecular flexibility index (Phi) is 6.74. The van der Waals surface area contributed by atoms with Crippen molar-refractivity contribution in [3.05, 3.63) is 59.6 Å². The largest absolute Gasteiger partial charge is 0.383 e. The summed E-state index contributed by atoms with van der Waals surface area (Å²) in [6.45, 7) is 1.47. The number of carbonyl (C=O) groups is 1. The van der Waals surface area contributed by atoms with Gasteiger partial charge in [-0.1, -0.05) is 0 Å². The Morgan fingerprint density at radius 3 is 2.55 bits per heavy atom. The first-order valence-corrected chi connectivity index (χ1v) is 9.48. The van der Waals surface area contributed by atoms with Crippen molar-refractivity contribution in [3.8, 4) is 0 Å². The minimum absolute atomic E-state index is 0.337. The normalized spacial score (nSPS) is 15.9. The highest BCUT2D eigenvalue weighted by Crippen LogP contribution is 2.26. The number of piperidine rings is 1. The lowest BCUT2D eigenvalue weighted by atomic mass is 9.90. The van der Waals surface area contributed by atoms with Crippen LogP contribution in [0.3, 0.4) is 0 Å². The number of benzene rings is 1. The highest BCUT2D eigenvalue weighted by molar-refractivity contribution is 5.76. The Hall–Kier alpha value is -3.03. The van der Waals surface area contributed by atoms with Crippen LogP contribution in [-0.4, -0.2) is 48.5 Å². The molecule has 0 spiro atoms. The number of allylic oxidation sites excluding steroid dienone is 3. The van der Waals surface area contributed by atoms with Gasteiger partial charge in [-0.2, -0.15) is 4.98 Å². The molecule has 1 aliphatic rings. The quantitative estimate of drug-likeness (QED) is 0.402. The van der Waals surface area contributed by atoms with Gasteiger partial charge in [0, 0.05) is 39.5 Å². The van der Waals surface area contributed by atoms with Gasteiger partial charge < -0.3 is 14.3 Å². The number of rotatable bonds is 7. The average Bonchev–Trinajstić information content (AvgIpc) is 3.14. The highest BCUT2D eigenvalue weighted by atomic mass is 19.1. The second-order valence-electron chi connectivity index (χ2n) is 7.36. The molecule has 0 saturated carbocycles. The molecule has 0 aliphatic carbocycles. The van der Waals surface area contributed by atoms with Crippen molar-refractivity contribution in [1.29, 1.82) is 0 Å². The third-order valence-electron chi connectivity index (χ3n) is 4.76. The van der Waals surface area contributed by atoms with E-state index in [9.17, 15) is 13.6 Å². The summed E-state index contributed by atoms with van der Waals surface area (Å²) in [5, 5.41) is 4.07. The Morgan fingerprint density at radius 2 is 1.93 bits per heavy atom. The van der Waals surface area contributed by atoms with Gasteiger partial charge in [-0.3, -0.25) is 4.79 Å². The van der Waals surface area contributed by atoms with Crippen molar-refractivity contribution in [2.45, 2.75) is 19.3 Å². The molecule has 1 aliphatic heterocycles. The van der Waals surface area contributed by atoms with Gasteiger partial charge in [0.05, 0.1) is 5.57 Å². The average molecular weight is 402 g/mol. The number of hydrogen-bond donors (Lipinski definition) is 0. The van der Waals surface area contributed by atoms with Crippen LogP contribution in [0.1, 0.15) is 24.3 Å². The summed E-state index contributed by atoms with van der Waals surface area (Å²) in [6.07, 6.45) is 7.86. The van der Waals surface area contributed by atoms with Crippen LogP contribution in [0.2, 0.25) is 0 Å². The van der Waals surface area contributed by atoms with Gasteiger partial charge in [-0.25, -0.2) is 8.78 Å². The monoisotopic (exact) mass is 402 g/mol. The Balaban J connectivity index is 1.62. The fourth-order valence-corrected chi connectivity index (χ4v) is 3.45. The molecular weight excluding hydrogens is 378 g/mol. The van der Waals surface area contributed by atoms with Gasteiger partial charge in [-0.05, 0) is 60.2 Å². The van der Waals surface area contributed by atoms with Gasteiger partial charge >= 0.3 is 0 Å². The maximum absolute atomic E-state index is 13.4. The van der Waals surface area contributed by atoms with Crippen LogP contribution in [0.15, 0.2) is 41.1 Å². The summed E-state index contributed by atoms with van der Waals surface area (Å²) < 4.78 is 32.1. The zero-order valence-corrected chi connectivity index (χ0v) is 16.5. The van der Waals surface area contributed by atoms with E-state index in [0.717, 1.165) is 32.0 Å². The van der Waals surface area contributed by atoms with E-state index in [1.165, 1.54) is 18.2 Å². The first-order valence-electron chi connectivity index (χ1n) is 9.48. The first kappa shape index (κ1) is 20.7. The van der Waals surface area contributed by atoms with Crippen molar-refractivity contribution in [2.24, 2.45) is 5.92 Å². The van der Waals surface area contributed by atoms with Crippen LogP contribution >= 0.6 is 0 Å². The lowest BCUT2D eigenvalue weighted by molar-refractivity contribution is -0.104. The van der Waals surface area contributed by atoms with Gasteiger partial charge in [-0.15, -0.1) is 0 Å². The molecule has 0 radical (unpaired) electrons. The van der Waals surface area contributed by atoms with Crippen molar-refractivity contribution in [1.82, 2.24) is 15.0 Å². The second-order valence-corrected chi connectivity index (χ2v) is 7.36. The van der Waals surface area contributed by atoms with Crippen LogP contribution in [-0.2, 0) is 11.2 Å². The van der Waals surface area contributed by atoms with Gasteiger partial charge in [0.1, 0.15) is 17.9 Å². The summed E-state index contributed by atoms with van der Waals surface area (Å²) >= 11 is 0. The van der Waals surface area contributed by atoms with E-state index in [0.29, 0.717) is 41.6 Å². The number of halogens is 2. The van der Waals surface area contributed by atoms with Crippen molar-refractivity contribution < 1.29 is 18.1 Å². The molecule has 1 saturated heterocycles. The van der Waals surface area contributed by atoms with Gasteiger partial charge in [0.25, 0.3) is 11.8 Å². The predicted molar refractivity (Wildman–Crippen MR) is 106 cm³/mol. The van der Waals surface area contributed by atoms with Gasteiger partial charge in [0.2, 0.25) is 0 Å². The molecule has 0 amide bonds. The van der Waals surface area contributed by atoms with E-state index < -0.39 is 11.6 Å². The summed E-state index contributed by atoms with van der Waals surface area (Å²) in [7, 11) is 3.72. The fraction of sp³-hybridized carbons (Fsp3) is 0.381. The van der Waals surface area contributed by atoms with E-state index in [1.54, 1.807) is 12.3 Å². The van der Waals surface area contributed by atoms with Gasteiger partial charge in [0.15, 0.2) is 0 Å². The van der Waals surface area contributed by atoms with E-state index >= 15 is 0 Å². The van der Waals surface area contributed by atoms with E-state index in [-0.39, 0.29) is 0 Å². The second kappa shape index (κ2) is 9.45. The smallest absolute Gasteiger partial charge is 0.266 e. The molecule has 0 unspecified atom stereocenters. The summed E-state index contributed by atoms with van der Waals surface area (Å²) in [5.74, 6) is 0.103. The molecule has 154 valence electrons. The molecule has 1 fully saturated rings. The van der Waals surface area contributed by atoms with E-state index in [4.69, 9.17) is 4.52 Å². The molecule has 2 heterocycles. The fourth-order valence-electron chi connectivity index (χ4n) is 3.45. The highest BCUT2D eigenvalue weighted by Gasteiger charge is 2.23. The number of anilines is 1. The molecule has 8 heteroatoms. The first-order chi connectivity index (χ1) is 13.9. The minimum atomic E-state index is -0.540. The van der Waals surface area contributed by atoms with Crippen LogP contribution in [0.4, 0.5) is 14.7 Å². The third-order valence-corrected chi connectivity index (χ3v) is 4.76. The van der Waals surface area contributed by atoms with Crippen LogP contribution in [0, 0.1) is 17.6 Å². The topological polar surface area (TPSA) is 62.5 Å². The summed E-state index contributed by atoms with van der Waals surface area (Å²) in [5.41, 5.74) is 1.33.